The Labute approximate surface area is 190 Å². The number of hydrogen-bond donors (Lipinski definition) is 1. The minimum absolute atomic E-state index is 0.0737. The second-order valence-electron chi connectivity index (χ2n) is 9.51. The van der Waals surface area contributed by atoms with Crippen LogP contribution in [0.5, 0.6) is 0 Å². The quantitative estimate of drug-likeness (QED) is 0.280. The molecule has 0 unspecified atom stereocenters. The number of ether oxygens (including phenoxy) is 3. The van der Waals surface area contributed by atoms with Crippen molar-refractivity contribution in [3.63, 3.8) is 0 Å². The molecule has 8 heteroatoms. The summed E-state index contributed by atoms with van der Waals surface area (Å²) in [4.78, 5) is 0. The van der Waals surface area contributed by atoms with Crippen LogP contribution in [0.2, 0.25) is 13.1 Å². The van der Waals surface area contributed by atoms with Crippen LogP contribution in [0.4, 0.5) is 0 Å². The van der Waals surface area contributed by atoms with Crippen molar-refractivity contribution < 1.29 is 28.2 Å². The minimum atomic E-state index is -2.02. The Morgan fingerprint density at radius 3 is 2.52 bits per heavy atom. The molecule has 0 saturated carbocycles. The molecule has 6 atom stereocenters. The van der Waals surface area contributed by atoms with Crippen LogP contribution in [-0.2, 0) is 23.1 Å². The molecule has 3 saturated heterocycles. The maximum atomic E-state index is 9.16. The molecule has 0 aliphatic carbocycles. The molecule has 0 aromatic carbocycles. The monoisotopic (exact) mass is 542 g/mol. The highest BCUT2D eigenvalue weighted by molar-refractivity contribution is 14.1. The molecular formula is C21H39IO6Si. The first-order valence-electron chi connectivity index (χ1n) is 11.3. The predicted molar refractivity (Wildman–Crippen MR) is 123 cm³/mol. The molecule has 0 spiro atoms. The average molecular weight is 543 g/mol. The maximum Gasteiger partial charge on any atom is 0.332 e. The van der Waals surface area contributed by atoms with E-state index in [1.807, 2.05) is 13.8 Å². The summed E-state index contributed by atoms with van der Waals surface area (Å²) in [5.74, 6) is -0.532. The van der Waals surface area contributed by atoms with Gasteiger partial charge in [-0.3, -0.25) is 0 Å². The van der Waals surface area contributed by atoms with Gasteiger partial charge in [0.15, 0.2) is 5.79 Å². The Balaban J connectivity index is 1.47. The molecule has 0 bridgehead atoms. The number of aliphatic hydroxyl groups is 1. The molecule has 0 radical (unpaired) electrons. The summed E-state index contributed by atoms with van der Waals surface area (Å²) in [6, 6.07) is 0. The number of halogens is 1. The fraction of sp³-hybridized carbons (Fsp3) is 1.00. The third-order valence-electron chi connectivity index (χ3n) is 6.08. The summed E-state index contributed by atoms with van der Waals surface area (Å²) >= 11 is 2.55. The van der Waals surface area contributed by atoms with Crippen molar-refractivity contribution in [2.75, 3.05) is 13.2 Å². The molecule has 0 amide bonds. The van der Waals surface area contributed by atoms with E-state index in [9.17, 15) is 0 Å². The van der Waals surface area contributed by atoms with E-state index in [2.05, 4.69) is 35.7 Å². The lowest BCUT2D eigenvalue weighted by Gasteiger charge is -2.29. The largest absolute Gasteiger partial charge is 0.396 e. The lowest BCUT2D eigenvalue weighted by atomic mass is 10.0. The Kier molecular flexibility index (Phi) is 8.86. The molecule has 0 aromatic rings. The normalized spacial score (nSPS) is 38.1. The van der Waals surface area contributed by atoms with E-state index in [-0.39, 0.29) is 37.1 Å². The Morgan fingerprint density at radius 2 is 1.79 bits per heavy atom. The first-order chi connectivity index (χ1) is 13.7. The van der Waals surface area contributed by atoms with E-state index in [0.717, 1.165) is 58.0 Å². The van der Waals surface area contributed by atoms with Crippen molar-refractivity contribution in [2.24, 2.45) is 0 Å². The van der Waals surface area contributed by atoms with Crippen LogP contribution in [0.3, 0.4) is 0 Å². The minimum Gasteiger partial charge on any atom is -0.396 e. The second-order valence-corrected chi connectivity index (χ2v) is 14.4. The Hall–Kier alpha value is 0.707. The first-order valence-corrected chi connectivity index (χ1v) is 15.3. The lowest BCUT2D eigenvalue weighted by Crippen LogP contribution is -2.41. The zero-order valence-corrected chi connectivity index (χ0v) is 21.6. The highest BCUT2D eigenvalue weighted by atomic mass is 127. The van der Waals surface area contributed by atoms with Crippen molar-refractivity contribution >= 4 is 31.2 Å². The average Bonchev–Trinajstić information content (AvgIpc) is 3.19. The highest BCUT2D eigenvalue weighted by Crippen LogP contribution is 2.37. The van der Waals surface area contributed by atoms with Crippen molar-refractivity contribution in [1.82, 2.24) is 0 Å². The van der Waals surface area contributed by atoms with Gasteiger partial charge in [0.1, 0.15) is 0 Å². The van der Waals surface area contributed by atoms with Crippen LogP contribution in [0.1, 0.15) is 65.2 Å². The van der Waals surface area contributed by atoms with Gasteiger partial charge in [-0.25, -0.2) is 0 Å². The summed E-state index contributed by atoms with van der Waals surface area (Å²) in [6.07, 6.45) is 8.73. The molecule has 1 N–H and O–H groups in total. The molecule has 3 heterocycles. The molecule has 3 aliphatic rings. The van der Waals surface area contributed by atoms with Crippen LogP contribution in [0, 0.1) is 0 Å². The highest BCUT2D eigenvalue weighted by Gasteiger charge is 2.43. The van der Waals surface area contributed by atoms with E-state index in [0.29, 0.717) is 3.92 Å². The lowest BCUT2D eigenvalue weighted by molar-refractivity contribution is -0.147. The molecule has 3 aliphatic heterocycles. The van der Waals surface area contributed by atoms with Crippen LogP contribution in [0.25, 0.3) is 0 Å². The van der Waals surface area contributed by atoms with E-state index in [1.165, 1.54) is 0 Å². The molecule has 29 heavy (non-hydrogen) atoms. The third-order valence-corrected chi connectivity index (χ3v) is 9.27. The van der Waals surface area contributed by atoms with E-state index in [4.69, 9.17) is 28.2 Å². The topological polar surface area (TPSA) is 66.4 Å². The molecule has 6 nitrogen and oxygen atoms in total. The van der Waals surface area contributed by atoms with Gasteiger partial charge in [0.25, 0.3) is 0 Å². The van der Waals surface area contributed by atoms with Gasteiger partial charge in [0.2, 0.25) is 0 Å². The Morgan fingerprint density at radius 1 is 1.07 bits per heavy atom. The Bertz CT molecular complexity index is 519. The van der Waals surface area contributed by atoms with Crippen molar-refractivity contribution in [1.29, 1.82) is 0 Å². The van der Waals surface area contributed by atoms with E-state index in [1.54, 1.807) is 0 Å². The van der Waals surface area contributed by atoms with Gasteiger partial charge in [0.05, 0.1) is 30.5 Å². The van der Waals surface area contributed by atoms with Gasteiger partial charge >= 0.3 is 8.56 Å². The SMILES string of the molecule is CC1(C)O[C@H](CCCO)[C@@H](CC[C@@H](I)[C@H]2CC[C@H]([C@H]3CCCO[Si](C)(C)O3)O2)O1. The van der Waals surface area contributed by atoms with Gasteiger partial charge in [-0.1, -0.05) is 22.6 Å². The summed E-state index contributed by atoms with van der Waals surface area (Å²) < 4.78 is 31.4. The van der Waals surface area contributed by atoms with E-state index < -0.39 is 14.3 Å². The summed E-state index contributed by atoms with van der Waals surface area (Å²) in [5.41, 5.74) is 0. The summed E-state index contributed by atoms with van der Waals surface area (Å²) in [7, 11) is -2.02. The number of rotatable bonds is 8. The van der Waals surface area contributed by atoms with Crippen molar-refractivity contribution in [2.45, 2.75) is 119 Å². The zero-order valence-electron chi connectivity index (χ0n) is 18.4. The van der Waals surface area contributed by atoms with Gasteiger partial charge in [-0.2, -0.15) is 0 Å². The molecule has 3 rings (SSSR count). The fourth-order valence-electron chi connectivity index (χ4n) is 4.75. The first kappa shape index (κ1) is 24.4. The maximum absolute atomic E-state index is 9.16. The van der Waals surface area contributed by atoms with Gasteiger partial charge < -0.3 is 28.2 Å². The molecular weight excluding hydrogens is 503 g/mol. The van der Waals surface area contributed by atoms with Gasteiger partial charge in [-0.05, 0) is 78.3 Å². The van der Waals surface area contributed by atoms with Crippen molar-refractivity contribution in [3.05, 3.63) is 0 Å². The predicted octanol–water partition coefficient (Wildman–Crippen LogP) is 4.31. The van der Waals surface area contributed by atoms with Gasteiger partial charge in [-0.15, -0.1) is 0 Å². The second kappa shape index (κ2) is 10.5. The van der Waals surface area contributed by atoms with Crippen LogP contribution >= 0.6 is 22.6 Å². The smallest absolute Gasteiger partial charge is 0.332 e. The molecule has 0 aromatic heterocycles. The molecule has 170 valence electrons. The fourth-order valence-corrected chi connectivity index (χ4v) is 7.34. The van der Waals surface area contributed by atoms with Crippen LogP contribution in [-0.4, -0.2) is 67.1 Å². The number of alkyl halides is 1. The van der Waals surface area contributed by atoms with Crippen LogP contribution in [0.15, 0.2) is 0 Å². The third kappa shape index (κ3) is 7.10. The number of aliphatic hydroxyl groups excluding tert-OH is 1. The van der Waals surface area contributed by atoms with E-state index >= 15 is 0 Å². The van der Waals surface area contributed by atoms with Gasteiger partial charge in [0, 0.05) is 17.1 Å². The number of hydrogen-bond acceptors (Lipinski definition) is 6. The summed E-state index contributed by atoms with van der Waals surface area (Å²) in [6.45, 7) is 9.25. The summed E-state index contributed by atoms with van der Waals surface area (Å²) in [5, 5.41) is 9.16. The van der Waals surface area contributed by atoms with Crippen molar-refractivity contribution in [3.8, 4) is 0 Å². The zero-order chi connectivity index (χ0) is 21.1. The standard InChI is InChI=1S/C21H39IO6Si/c1-21(2)26-18(7-5-13-23)19(27-21)10-9-15(22)16-11-12-17(25-16)20-8-6-14-24-29(3,4)28-20/h15-20,23H,5-14H2,1-4H3/t15-,16-,17-,18-,19-,20-/m1/s1. The molecule has 3 fully saturated rings. The van der Waals surface area contributed by atoms with Crippen LogP contribution < -0.4 is 0 Å².